The number of allylic oxidation sites excluding steroid dienone is 1. The Bertz CT molecular complexity index is 571. The summed E-state index contributed by atoms with van der Waals surface area (Å²) in [6.45, 7) is 10.6. The van der Waals surface area contributed by atoms with E-state index in [0.717, 1.165) is 18.4 Å². The van der Waals surface area contributed by atoms with Crippen LogP contribution in [0.15, 0.2) is 29.8 Å². The zero-order chi connectivity index (χ0) is 14.4. The molecule has 0 unspecified atom stereocenters. The van der Waals surface area contributed by atoms with Crippen LogP contribution < -0.4 is 4.90 Å². The number of para-hydroxylation sites is 1. The number of anilines is 1. The molecule has 0 saturated carbocycles. The fourth-order valence-electron chi connectivity index (χ4n) is 4.49. The first-order chi connectivity index (χ1) is 10.2. The van der Waals surface area contributed by atoms with Gasteiger partial charge in [0, 0.05) is 44.3 Å². The van der Waals surface area contributed by atoms with Gasteiger partial charge in [-0.2, -0.15) is 0 Å². The van der Waals surface area contributed by atoms with Crippen molar-refractivity contribution in [2.24, 2.45) is 5.92 Å². The lowest BCUT2D eigenvalue weighted by Crippen LogP contribution is -2.40. The van der Waals surface area contributed by atoms with Crippen LogP contribution in [0, 0.1) is 5.92 Å². The van der Waals surface area contributed by atoms with Crippen molar-refractivity contribution in [3.8, 4) is 0 Å². The van der Waals surface area contributed by atoms with Gasteiger partial charge in [-0.3, -0.25) is 4.90 Å². The molecule has 1 fully saturated rings. The molecule has 3 aliphatic rings. The van der Waals surface area contributed by atoms with Crippen molar-refractivity contribution in [2.45, 2.75) is 32.6 Å². The summed E-state index contributed by atoms with van der Waals surface area (Å²) >= 11 is 0. The molecule has 3 aliphatic heterocycles. The Morgan fingerprint density at radius 1 is 1.24 bits per heavy atom. The molecule has 0 spiro atoms. The third-order valence-corrected chi connectivity index (χ3v) is 5.47. The highest BCUT2D eigenvalue weighted by atomic mass is 15.2. The predicted octanol–water partition coefficient (Wildman–Crippen LogP) is 3.43. The van der Waals surface area contributed by atoms with Crippen LogP contribution in [0.5, 0.6) is 0 Å². The molecule has 0 aliphatic carbocycles. The van der Waals surface area contributed by atoms with Crippen LogP contribution in [-0.4, -0.2) is 37.6 Å². The Balaban J connectivity index is 1.63. The van der Waals surface area contributed by atoms with E-state index in [2.05, 4.69) is 47.9 Å². The number of rotatable bonds is 2. The summed E-state index contributed by atoms with van der Waals surface area (Å²) in [7, 11) is 0. The van der Waals surface area contributed by atoms with E-state index in [0.29, 0.717) is 0 Å². The van der Waals surface area contributed by atoms with Gasteiger partial charge in [0.25, 0.3) is 0 Å². The van der Waals surface area contributed by atoms with Gasteiger partial charge < -0.3 is 4.90 Å². The molecule has 4 rings (SSSR count). The summed E-state index contributed by atoms with van der Waals surface area (Å²) in [5.74, 6) is 1.59. The topological polar surface area (TPSA) is 6.48 Å². The molecule has 1 aromatic rings. The van der Waals surface area contributed by atoms with Gasteiger partial charge in [0.05, 0.1) is 0 Å². The molecule has 2 nitrogen and oxygen atoms in total. The summed E-state index contributed by atoms with van der Waals surface area (Å²) < 4.78 is 0. The van der Waals surface area contributed by atoms with Crippen molar-refractivity contribution in [1.82, 2.24) is 4.90 Å². The predicted molar refractivity (Wildman–Crippen MR) is 89.1 cm³/mol. The van der Waals surface area contributed by atoms with Gasteiger partial charge in [-0.15, -0.1) is 0 Å². The van der Waals surface area contributed by atoms with Gasteiger partial charge in [0.1, 0.15) is 0 Å². The zero-order valence-electron chi connectivity index (χ0n) is 13.3. The summed E-state index contributed by atoms with van der Waals surface area (Å²) in [5, 5.41) is 0. The van der Waals surface area contributed by atoms with E-state index in [-0.39, 0.29) is 0 Å². The quantitative estimate of drug-likeness (QED) is 0.767. The van der Waals surface area contributed by atoms with E-state index in [1.54, 1.807) is 16.8 Å². The van der Waals surface area contributed by atoms with E-state index in [9.17, 15) is 0 Å². The second-order valence-corrected chi connectivity index (χ2v) is 7.27. The summed E-state index contributed by atoms with van der Waals surface area (Å²) in [6, 6.07) is 7.04. The largest absolute Gasteiger partial charge is 0.371 e. The summed E-state index contributed by atoms with van der Waals surface area (Å²) in [6.07, 6.45) is 4.98. The maximum Gasteiger partial charge on any atom is 0.0434 e. The van der Waals surface area contributed by atoms with Crippen molar-refractivity contribution >= 4 is 5.69 Å². The van der Waals surface area contributed by atoms with Gasteiger partial charge in [0.2, 0.25) is 0 Å². The average molecular weight is 282 g/mol. The minimum absolute atomic E-state index is 0.764. The van der Waals surface area contributed by atoms with Crippen LogP contribution in [0.25, 0.3) is 0 Å². The second-order valence-electron chi connectivity index (χ2n) is 7.27. The van der Waals surface area contributed by atoms with Gasteiger partial charge in [-0.25, -0.2) is 0 Å². The van der Waals surface area contributed by atoms with Crippen molar-refractivity contribution in [2.75, 3.05) is 37.6 Å². The number of benzene rings is 1. The highest BCUT2D eigenvalue weighted by molar-refractivity contribution is 5.64. The van der Waals surface area contributed by atoms with E-state index in [1.807, 2.05) is 0 Å². The van der Waals surface area contributed by atoms with Crippen molar-refractivity contribution in [3.05, 3.63) is 41.0 Å². The van der Waals surface area contributed by atoms with E-state index in [4.69, 9.17) is 0 Å². The van der Waals surface area contributed by atoms with Crippen LogP contribution in [0.2, 0.25) is 0 Å². The third-order valence-electron chi connectivity index (χ3n) is 5.47. The Kier molecular flexibility index (Phi) is 3.30. The monoisotopic (exact) mass is 282 g/mol. The Morgan fingerprint density at radius 2 is 2.14 bits per heavy atom. The molecule has 3 heterocycles. The SMILES string of the molecule is CC(C)=CCN1C[C@H]2CN3CCCc4cccc(c43)[C@H]2C1. The molecule has 1 saturated heterocycles. The van der Waals surface area contributed by atoms with Crippen molar-refractivity contribution in [3.63, 3.8) is 0 Å². The number of aryl methyl sites for hydroxylation is 1. The summed E-state index contributed by atoms with van der Waals surface area (Å²) in [5.41, 5.74) is 6.28. The van der Waals surface area contributed by atoms with E-state index in [1.165, 1.54) is 44.6 Å². The molecule has 0 aromatic heterocycles. The number of nitrogens with zero attached hydrogens (tertiary/aromatic N) is 2. The second kappa shape index (κ2) is 5.17. The standard InChI is InChI=1S/C19H26N2/c1-14(2)8-10-20-11-16-12-21-9-4-6-15-5-3-7-17(19(15)21)18(16)13-20/h3,5,7-8,16,18H,4,6,9-13H2,1-2H3/t16-,18-/m0/s1. The Hall–Kier alpha value is -1.28. The number of hydrogen-bond donors (Lipinski definition) is 0. The first kappa shape index (κ1) is 13.4. The van der Waals surface area contributed by atoms with Crippen molar-refractivity contribution in [1.29, 1.82) is 0 Å². The molecular weight excluding hydrogens is 256 g/mol. The van der Waals surface area contributed by atoms with Gasteiger partial charge >= 0.3 is 0 Å². The molecule has 0 amide bonds. The lowest BCUT2D eigenvalue weighted by atomic mass is 9.80. The molecule has 112 valence electrons. The normalized spacial score (nSPS) is 27.2. The van der Waals surface area contributed by atoms with E-state index < -0.39 is 0 Å². The van der Waals surface area contributed by atoms with Crippen LogP contribution in [0.1, 0.15) is 37.3 Å². The van der Waals surface area contributed by atoms with Gasteiger partial charge in [-0.1, -0.05) is 29.8 Å². The fraction of sp³-hybridized carbons (Fsp3) is 0.579. The number of likely N-dealkylation sites (tertiary alicyclic amines) is 1. The highest BCUT2D eigenvalue weighted by Crippen LogP contribution is 2.45. The van der Waals surface area contributed by atoms with Crippen LogP contribution in [0.3, 0.4) is 0 Å². The molecule has 0 radical (unpaired) electrons. The number of hydrogen-bond acceptors (Lipinski definition) is 2. The Labute approximate surface area is 128 Å². The van der Waals surface area contributed by atoms with Gasteiger partial charge in [0.15, 0.2) is 0 Å². The minimum atomic E-state index is 0.764. The van der Waals surface area contributed by atoms with Crippen LogP contribution >= 0.6 is 0 Å². The average Bonchev–Trinajstić information content (AvgIpc) is 2.89. The van der Waals surface area contributed by atoms with Crippen LogP contribution in [0.4, 0.5) is 5.69 Å². The molecule has 21 heavy (non-hydrogen) atoms. The van der Waals surface area contributed by atoms with Gasteiger partial charge in [-0.05, 0) is 43.7 Å². The summed E-state index contributed by atoms with van der Waals surface area (Å²) in [4.78, 5) is 5.33. The van der Waals surface area contributed by atoms with E-state index >= 15 is 0 Å². The lowest BCUT2D eigenvalue weighted by Gasteiger charge is -2.41. The third kappa shape index (κ3) is 2.30. The first-order valence-corrected chi connectivity index (χ1v) is 8.45. The fourth-order valence-corrected chi connectivity index (χ4v) is 4.49. The maximum atomic E-state index is 2.68. The molecule has 2 atom stereocenters. The molecule has 0 bridgehead atoms. The van der Waals surface area contributed by atoms with Crippen LogP contribution in [-0.2, 0) is 6.42 Å². The molecule has 2 heteroatoms. The maximum absolute atomic E-state index is 2.68. The highest BCUT2D eigenvalue weighted by Gasteiger charge is 2.41. The first-order valence-electron chi connectivity index (χ1n) is 8.45. The molecule has 1 aromatic carbocycles. The zero-order valence-corrected chi connectivity index (χ0v) is 13.3. The smallest absolute Gasteiger partial charge is 0.0434 e. The van der Waals surface area contributed by atoms with Crippen molar-refractivity contribution < 1.29 is 0 Å². The molecule has 0 N–H and O–H groups in total. The molecular formula is C19H26N2. The lowest BCUT2D eigenvalue weighted by molar-refractivity contribution is 0.358. The minimum Gasteiger partial charge on any atom is -0.371 e. The number of fused-ring (bicyclic) bond motifs is 2. The Morgan fingerprint density at radius 3 is 3.00 bits per heavy atom.